The van der Waals surface area contributed by atoms with Gasteiger partial charge >= 0.3 is 0 Å². The quantitative estimate of drug-likeness (QED) is 0.817. The number of carbonyl (C=O) groups is 1. The van der Waals surface area contributed by atoms with Crippen LogP contribution in [-0.2, 0) is 11.3 Å². The summed E-state index contributed by atoms with van der Waals surface area (Å²) < 4.78 is 0. The molecule has 0 radical (unpaired) electrons. The Balaban J connectivity index is 1.86. The van der Waals surface area contributed by atoms with E-state index in [1.54, 1.807) is 12.4 Å². The van der Waals surface area contributed by atoms with Crippen LogP contribution in [0, 0.1) is 0 Å². The Morgan fingerprint density at radius 3 is 3.19 bits per heavy atom. The number of likely N-dealkylation sites (tertiary alicyclic amines) is 1. The molecule has 1 amide bonds. The highest BCUT2D eigenvalue weighted by molar-refractivity contribution is 5.78. The molecule has 0 spiro atoms. The number of aromatic nitrogens is 3. The van der Waals surface area contributed by atoms with Gasteiger partial charge in [0.15, 0.2) is 0 Å². The molecule has 0 saturated carbocycles. The van der Waals surface area contributed by atoms with Gasteiger partial charge in [0.2, 0.25) is 5.91 Å². The summed E-state index contributed by atoms with van der Waals surface area (Å²) >= 11 is 0. The number of hydrogen-bond donors (Lipinski definition) is 1. The van der Waals surface area contributed by atoms with E-state index in [9.17, 15) is 4.79 Å². The first kappa shape index (κ1) is 9.33. The van der Waals surface area contributed by atoms with Gasteiger partial charge in [0.25, 0.3) is 0 Å². The van der Waals surface area contributed by atoms with Crippen molar-refractivity contribution in [3.8, 4) is 0 Å². The van der Waals surface area contributed by atoms with Crippen LogP contribution in [0.3, 0.4) is 0 Å². The smallest absolute Gasteiger partial charge is 0.223 e. The van der Waals surface area contributed by atoms with E-state index in [4.69, 9.17) is 0 Å². The second-order valence-electron chi connectivity index (χ2n) is 4.00. The number of pyridine rings is 1. The summed E-state index contributed by atoms with van der Waals surface area (Å²) in [4.78, 5) is 24.9. The van der Waals surface area contributed by atoms with E-state index >= 15 is 0 Å². The van der Waals surface area contributed by atoms with Crippen LogP contribution in [0.5, 0.6) is 0 Å². The number of aromatic amines is 1. The molecule has 3 rings (SSSR count). The zero-order chi connectivity index (χ0) is 11.0. The van der Waals surface area contributed by atoms with E-state index in [1.807, 2.05) is 11.0 Å². The van der Waals surface area contributed by atoms with E-state index < -0.39 is 0 Å². The van der Waals surface area contributed by atoms with Crippen LogP contribution >= 0.6 is 0 Å². The Hall–Kier alpha value is -1.91. The lowest BCUT2D eigenvalue weighted by Gasteiger charge is -2.12. The molecule has 0 bridgehead atoms. The van der Waals surface area contributed by atoms with Crippen molar-refractivity contribution in [2.45, 2.75) is 19.4 Å². The molecular weight excluding hydrogens is 204 g/mol. The van der Waals surface area contributed by atoms with Crippen molar-refractivity contribution < 1.29 is 4.79 Å². The number of imidazole rings is 1. The van der Waals surface area contributed by atoms with E-state index in [-0.39, 0.29) is 5.91 Å². The third-order valence-corrected chi connectivity index (χ3v) is 2.84. The minimum atomic E-state index is 0.221. The van der Waals surface area contributed by atoms with Gasteiger partial charge in [-0.2, -0.15) is 0 Å². The fourth-order valence-electron chi connectivity index (χ4n) is 2.04. The molecule has 1 aliphatic heterocycles. The van der Waals surface area contributed by atoms with Crippen LogP contribution in [0.25, 0.3) is 11.0 Å². The van der Waals surface area contributed by atoms with Crippen LogP contribution in [0.15, 0.2) is 18.5 Å². The average Bonchev–Trinajstić information content (AvgIpc) is 2.85. The minimum Gasteiger partial charge on any atom is -0.339 e. The summed E-state index contributed by atoms with van der Waals surface area (Å²) in [5.41, 5.74) is 1.82. The highest BCUT2D eigenvalue weighted by Gasteiger charge is 2.21. The number of nitrogens with zero attached hydrogens (tertiary/aromatic N) is 3. The zero-order valence-corrected chi connectivity index (χ0v) is 8.81. The van der Waals surface area contributed by atoms with Crippen molar-refractivity contribution in [3.63, 3.8) is 0 Å². The third kappa shape index (κ3) is 1.54. The molecule has 5 nitrogen and oxygen atoms in total. The molecule has 1 saturated heterocycles. The molecule has 16 heavy (non-hydrogen) atoms. The molecule has 5 heteroatoms. The van der Waals surface area contributed by atoms with Crippen LogP contribution in [-0.4, -0.2) is 32.3 Å². The molecule has 0 aromatic carbocycles. The van der Waals surface area contributed by atoms with Crippen LogP contribution in [0.2, 0.25) is 0 Å². The van der Waals surface area contributed by atoms with Gasteiger partial charge in [0, 0.05) is 19.2 Å². The van der Waals surface area contributed by atoms with Gasteiger partial charge in [-0.1, -0.05) is 0 Å². The molecule has 1 aliphatic rings. The maximum absolute atomic E-state index is 11.5. The lowest BCUT2D eigenvalue weighted by atomic mass is 10.4. The molecule has 2 aromatic rings. The highest BCUT2D eigenvalue weighted by atomic mass is 16.2. The SMILES string of the molecule is O=C1CCCN1Cc1nc2ccncc2[nH]1. The summed E-state index contributed by atoms with van der Waals surface area (Å²) in [5.74, 6) is 1.05. The first-order valence-corrected chi connectivity index (χ1v) is 5.39. The fraction of sp³-hybridized carbons (Fsp3) is 0.364. The summed E-state index contributed by atoms with van der Waals surface area (Å²) in [7, 11) is 0. The number of amides is 1. The molecule has 1 fully saturated rings. The van der Waals surface area contributed by atoms with Crippen LogP contribution in [0.1, 0.15) is 18.7 Å². The summed E-state index contributed by atoms with van der Waals surface area (Å²) in [5, 5.41) is 0. The number of H-pyrrole nitrogens is 1. The van der Waals surface area contributed by atoms with Crippen molar-refractivity contribution in [3.05, 3.63) is 24.3 Å². The summed E-state index contributed by atoms with van der Waals surface area (Å²) in [6.07, 6.45) is 5.09. The second kappa shape index (κ2) is 3.59. The van der Waals surface area contributed by atoms with Crippen molar-refractivity contribution in [2.75, 3.05) is 6.54 Å². The minimum absolute atomic E-state index is 0.221. The Morgan fingerprint density at radius 1 is 1.50 bits per heavy atom. The number of nitrogens with one attached hydrogen (secondary N) is 1. The molecule has 82 valence electrons. The first-order chi connectivity index (χ1) is 7.83. The van der Waals surface area contributed by atoms with Crippen molar-refractivity contribution in [2.24, 2.45) is 0 Å². The van der Waals surface area contributed by atoms with Crippen LogP contribution in [0.4, 0.5) is 0 Å². The molecule has 1 N–H and O–H groups in total. The van der Waals surface area contributed by atoms with E-state index in [1.165, 1.54) is 0 Å². The average molecular weight is 216 g/mol. The molecule has 2 aromatic heterocycles. The summed E-state index contributed by atoms with van der Waals surface area (Å²) in [6.45, 7) is 1.42. The summed E-state index contributed by atoms with van der Waals surface area (Å²) in [6, 6.07) is 1.86. The first-order valence-electron chi connectivity index (χ1n) is 5.39. The van der Waals surface area contributed by atoms with Crippen molar-refractivity contribution in [1.82, 2.24) is 19.9 Å². The predicted molar refractivity (Wildman–Crippen MR) is 58.5 cm³/mol. The molecule has 0 atom stereocenters. The largest absolute Gasteiger partial charge is 0.339 e. The Labute approximate surface area is 92.5 Å². The standard InChI is InChI=1S/C11H12N4O/c16-11-2-1-5-15(11)7-10-13-8-3-4-12-6-9(8)14-10/h3-4,6H,1-2,5,7H2,(H,13,14). The van der Waals surface area contributed by atoms with Crippen LogP contribution < -0.4 is 0 Å². The highest BCUT2D eigenvalue weighted by Crippen LogP contribution is 2.15. The molecule has 3 heterocycles. The van der Waals surface area contributed by atoms with Gasteiger partial charge in [-0.3, -0.25) is 9.78 Å². The predicted octanol–water partition coefficient (Wildman–Crippen LogP) is 1.08. The van der Waals surface area contributed by atoms with Gasteiger partial charge in [-0.25, -0.2) is 4.98 Å². The molecule has 0 unspecified atom stereocenters. The maximum atomic E-state index is 11.5. The number of rotatable bonds is 2. The van der Waals surface area contributed by atoms with E-state index in [0.717, 1.165) is 29.8 Å². The van der Waals surface area contributed by atoms with Gasteiger partial charge in [-0.05, 0) is 12.5 Å². The zero-order valence-electron chi connectivity index (χ0n) is 8.81. The number of hydrogen-bond acceptors (Lipinski definition) is 3. The van der Waals surface area contributed by atoms with Crippen molar-refractivity contribution >= 4 is 16.9 Å². The van der Waals surface area contributed by atoms with Gasteiger partial charge < -0.3 is 9.88 Å². The number of carbonyl (C=O) groups excluding carboxylic acids is 1. The third-order valence-electron chi connectivity index (χ3n) is 2.84. The second-order valence-corrected chi connectivity index (χ2v) is 4.00. The van der Waals surface area contributed by atoms with Crippen molar-refractivity contribution in [1.29, 1.82) is 0 Å². The fourth-order valence-corrected chi connectivity index (χ4v) is 2.04. The Kier molecular flexibility index (Phi) is 2.09. The van der Waals surface area contributed by atoms with E-state index in [0.29, 0.717) is 13.0 Å². The monoisotopic (exact) mass is 216 g/mol. The van der Waals surface area contributed by atoms with Gasteiger partial charge in [-0.15, -0.1) is 0 Å². The lowest BCUT2D eigenvalue weighted by molar-refractivity contribution is -0.128. The normalized spacial score (nSPS) is 16.2. The topological polar surface area (TPSA) is 61.9 Å². The lowest BCUT2D eigenvalue weighted by Crippen LogP contribution is -2.24. The van der Waals surface area contributed by atoms with Gasteiger partial charge in [0.1, 0.15) is 5.82 Å². The molecule has 0 aliphatic carbocycles. The maximum Gasteiger partial charge on any atom is 0.223 e. The van der Waals surface area contributed by atoms with E-state index in [2.05, 4.69) is 15.0 Å². The molecular formula is C11H12N4O. The Bertz CT molecular complexity index is 501. The van der Waals surface area contributed by atoms with Gasteiger partial charge in [0.05, 0.1) is 23.8 Å². The number of fused-ring (bicyclic) bond motifs is 1. The Morgan fingerprint density at radius 2 is 2.44 bits per heavy atom.